The van der Waals surface area contributed by atoms with Crippen LogP contribution in [0.4, 0.5) is 17.1 Å². The van der Waals surface area contributed by atoms with Gasteiger partial charge in [0.1, 0.15) is 0 Å². The molecule has 2 aliphatic rings. The fourth-order valence-corrected chi connectivity index (χ4v) is 18.5. The molecule has 268 valence electrons. The summed E-state index contributed by atoms with van der Waals surface area (Å²) in [6.07, 6.45) is 3.72. The molecule has 2 unspecified atom stereocenters. The number of pyridine rings is 1. The van der Waals surface area contributed by atoms with Crippen LogP contribution in [0, 0.1) is 0 Å². The Labute approximate surface area is 338 Å². The molecule has 9 aromatic rings. The Morgan fingerprint density at radius 1 is 0.554 bits per heavy atom. The molecule has 2 aliphatic heterocycles. The van der Waals surface area contributed by atoms with Crippen LogP contribution in [0.1, 0.15) is 11.7 Å². The predicted octanol–water partition coefficient (Wildman–Crippen LogP) is 9.70. The second-order valence-electron chi connectivity index (χ2n) is 14.3. The molecule has 7 aromatic carbocycles. The van der Waals surface area contributed by atoms with Gasteiger partial charge < -0.3 is 0 Å². The van der Waals surface area contributed by atoms with Crippen molar-refractivity contribution in [1.29, 1.82) is 0 Å². The van der Waals surface area contributed by atoms with Crippen LogP contribution in [-0.2, 0) is 11.8 Å². The van der Waals surface area contributed by atoms with Gasteiger partial charge in [-0.05, 0) is 0 Å². The SMILES string of the molecule is S=P(c1ccccc1)(c1ccccc1)c1cccc2c1-c1ccccc1N1c3ccc(P(=[Se])(c4ccncc4)n4c5ccccc5c5ccccc54)cc3NC21. The maximum atomic E-state index is 6.99. The third-order valence-corrected chi connectivity index (χ3v) is 23.0. The third-order valence-electron chi connectivity index (χ3n) is 11.4. The van der Waals surface area contributed by atoms with Gasteiger partial charge in [-0.1, -0.05) is 36.4 Å². The van der Waals surface area contributed by atoms with Crippen molar-refractivity contribution in [3.05, 3.63) is 200 Å². The molecular weight excluding hydrogens is 806 g/mol. The van der Waals surface area contributed by atoms with Crippen LogP contribution in [0.3, 0.4) is 0 Å². The first kappa shape index (κ1) is 34.0. The standard InChI is InChI=1S/C48H34N4P2SSe/c55-53(33-14-3-1-4-15-33,34-16-5-2-6-17-34)46-25-13-21-40-47(46)39-20-9-10-22-42(39)51-45-27-26-36(32-41(45)50-48(40)51)54(56,35-28-30-49-31-29-35)52-43-23-11-7-18-37(43)38-19-8-12-24-44(38)52/h1-32,48,50H. The molecule has 0 saturated carbocycles. The van der Waals surface area contributed by atoms with E-state index in [0.29, 0.717) is 0 Å². The van der Waals surface area contributed by atoms with Gasteiger partial charge in [0.2, 0.25) is 0 Å². The van der Waals surface area contributed by atoms with Crippen molar-refractivity contribution in [1.82, 2.24) is 9.32 Å². The number of benzene rings is 7. The van der Waals surface area contributed by atoms with Gasteiger partial charge in [0, 0.05) is 0 Å². The Morgan fingerprint density at radius 2 is 1.16 bits per heavy atom. The molecule has 1 N–H and O–H groups in total. The van der Waals surface area contributed by atoms with Gasteiger partial charge in [-0.25, -0.2) is 0 Å². The molecule has 0 fully saturated rings. The number of nitrogens with one attached hydrogen (secondary N) is 1. The van der Waals surface area contributed by atoms with Gasteiger partial charge in [-0.3, -0.25) is 0 Å². The fraction of sp³-hybridized carbons (Fsp3) is 0.0208. The molecule has 4 nitrogen and oxygen atoms in total. The maximum absolute atomic E-state index is 6.99. The Bertz CT molecular complexity index is 3000. The molecule has 2 atom stereocenters. The molecule has 8 heteroatoms. The summed E-state index contributed by atoms with van der Waals surface area (Å²) in [5.74, 6) is 0. The summed E-state index contributed by atoms with van der Waals surface area (Å²) in [5, 5.41) is 12.7. The van der Waals surface area contributed by atoms with Crippen LogP contribution in [-0.4, -0.2) is 24.4 Å². The molecule has 0 radical (unpaired) electrons. The van der Waals surface area contributed by atoms with Crippen LogP contribution < -0.4 is 36.7 Å². The molecule has 2 aromatic heterocycles. The number of nitrogens with zero attached hydrogens (tertiary/aromatic N) is 3. The Kier molecular flexibility index (Phi) is 7.97. The molecule has 0 amide bonds. The van der Waals surface area contributed by atoms with E-state index in [-0.39, 0.29) is 6.17 Å². The quantitative estimate of drug-likeness (QED) is 0.134. The minimum atomic E-state index is -2.46. The van der Waals surface area contributed by atoms with Crippen molar-refractivity contribution in [2.24, 2.45) is 0 Å². The number of aromatic nitrogens is 2. The molecule has 0 bridgehead atoms. The molecule has 0 aliphatic carbocycles. The molecule has 0 saturated heterocycles. The predicted molar refractivity (Wildman–Crippen MR) is 244 cm³/mol. The first-order valence-electron chi connectivity index (χ1n) is 18.7. The summed E-state index contributed by atoms with van der Waals surface area (Å²) >= 11 is 10.8. The van der Waals surface area contributed by atoms with Crippen LogP contribution in [0.15, 0.2) is 194 Å². The van der Waals surface area contributed by atoms with E-state index in [4.69, 9.17) is 11.8 Å². The third kappa shape index (κ3) is 4.88. The van der Waals surface area contributed by atoms with Crippen LogP contribution >= 0.6 is 11.7 Å². The van der Waals surface area contributed by atoms with E-state index in [1.807, 2.05) is 12.4 Å². The zero-order valence-electron chi connectivity index (χ0n) is 30.1. The van der Waals surface area contributed by atoms with E-state index in [0.717, 1.165) is 11.4 Å². The van der Waals surface area contributed by atoms with Crippen LogP contribution in [0.2, 0.25) is 0 Å². The van der Waals surface area contributed by atoms with Gasteiger partial charge in [-0.2, -0.15) is 0 Å². The summed E-state index contributed by atoms with van der Waals surface area (Å²) in [5.41, 5.74) is 7.19. The van der Waals surface area contributed by atoms with Crippen molar-refractivity contribution >= 4 is 104 Å². The molecule has 11 rings (SSSR count). The normalized spacial score (nSPS) is 15.4. The zero-order valence-corrected chi connectivity index (χ0v) is 34.4. The van der Waals surface area contributed by atoms with Crippen LogP contribution in [0.25, 0.3) is 32.9 Å². The summed E-state index contributed by atoms with van der Waals surface area (Å²) in [6, 6.07) is 63.7. The second-order valence-corrected chi connectivity index (χ2v) is 24.6. The number of para-hydroxylation sites is 3. The second kappa shape index (κ2) is 13.1. The van der Waals surface area contributed by atoms with Crippen molar-refractivity contribution in [3.8, 4) is 11.1 Å². The van der Waals surface area contributed by atoms with E-state index in [9.17, 15) is 0 Å². The Hall–Kier alpha value is -5.31. The summed E-state index contributed by atoms with van der Waals surface area (Å²) in [7, 11) is 0. The van der Waals surface area contributed by atoms with Gasteiger partial charge in [-0.15, -0.1) is 0 Å². The summed E-state index contributed by atoms with van der Waals surface area (Å²) in [4.78, 5) is 6.93. The number of anilines is 3. The average molecular weight is 840 g/mol. The van der Waals surface area contributed by atoms with E-state index in [2.05, 4.69) is 217 Å². The number of rotatable bonds is 6. The Morgan fingerprint density at radius 3 is 1.84 bits per heavy atom. The Balaban J connectivity index is 1.12. The van der Waals surface area contributed by atoms with Gasteiger partial charge >= 0.3 is 304 Å². The first-order chi connectivity index (χ1) is 27.6. The molecule has 0 spiro atoms. The zero-order chi connectivity index (χ0) is 37.4. The molecule has 4 heterocycles. The van der Waals surface area contributed by atoms with Crippen molar-refractivity contribution in [2.75, 3.05) is 10.2 Å². The minimum absolute atomic E-state index is 0.108. The van der Waals surface area contributed by atoms with E-state index >= 15 is 0 Å². The first-order valence-corrected chi connectivity index (χ1v) is 25.5. The number of hydrogen-bond donors (Lipinski definition) is 1. The van der Waals surface area contributed by atoms with Crippen LogP contribution in [0.5, 0.6) is 0 Å². The van der Waals surface area contributed by atoms with E-state index in [1.165, 1.54) is 70.7 Å². The van der Waals surface area contributed by atoms with E-state index in [1.54, 1.807) is 0 Å². The monoisotopic (exact) mass is 840 g/mol. The summed E-state index contributed by atoms with van der Waals surface area (Å²) in [6.45, 7) is 0. The number of hydrogen-bond acceptors (Lipinski definition) is 4. The number of fused-ring (bicyclic) bond motifs is 11. The van der Waals surface area contributed by atoms with Gasteiger partial charge in [0.05, 0.1) is 0 Å². The van der Waals surface area contributed by atoms with Gasteiger partial charge in [0.15, 0.2) is 0 Å². The summed E-state index contributed by atoms with van der Waals surface area (Å²) < 4.78 is 2.58. The average Bonchev–Trinajstić information content (AvgIpc) is 3.83. The topological polar surface area (TPSA) is 33.1 Å². The van der Waals surface area contributed by atoms with Crippen molar-refractivity contribution < 1.29 is 0 Å². The van der Waals surface area contributed by atoms with E-state index < -0.39 is 11.7 Å². The molecular formula is C48H34N4P2SSe. The fourth-order valence-electron chi connectivity index (χ4n) is 8.95. The van der Waals surface area contributed by atoms with Gasteiger partial charge in [0.25, 0.3) is 0 Å². The van der Waals surface area contributed by atoms with Crippen molar-refractivity contribution in [3.63, 3.8) is 0 Å². The molecule has 56 heavy (non-hydrogen) atoms. The van der Waals surface area contributed by atoms with Crippen molar-refractivity contribution in [2.45, 2.75) is 6.17 Å².